The van der Waals surface area contributed by atoms with Crippen LogP contribution in [0.4, 0.5) is 5.69 Å². The van der Waals surface area contributed by atoms with Gasteiger partial charge in [0.2, 0.25) is 11.9 Å². The third kappa shape index (κ3) is 2.15. The molecule has 4 N–H and O–H groups in total. The fraction of sp³-hybridized carbons (Fsp3) is 0.438. The molecule has 120 valence electrons. The van der Waals surface area contributed by atoms with Crippen molar-refractivity contribution in [3.8, 4) is 0 Å². The normalized spacial score (nSPS) is 20.7. The number of rotatable bonds is 1. The lowest BCUT2D eigenvalue weighted by Crippen LogP contribution is -2.58. The Morgan fingerprint density at radius 3 is 2.70 bits per heavy atom. The lowest BCUT2D eigenvalue weighted by Gasteiger charge is -2.45. The molecule has 0 radical (unpaired) electrons. The van der Waals surface area contributed by atoms with Gasteiger partial charge in [-0.25, -0.2) is 9.98 Å². The molecule has 0 saturated heterocycles. The van der Waals surface area contributed by atoms with E-state index in [0.29, 0.717) is 5.96 Å². The van der Waals surface area contributed by atoms with Crippen LogP contribution >= 0.6 is 0 Å². The van der Waals surface area contributed by atoms with Gasteiger partial charge in [0.1, 0.15) is 5.66 Å². The second kappa shape index (κ2) is 4.97. The lowest BCUT2D eigenvalue weighted by atomic mass is 9.87. The summed E-state index contributed by atoms with van der Waals surface area (Å²) in [4.78, 5) is 15.3. The van der Waals surface area contributed by atoms with Crippen molar-refractivity contribution in [1.82, 2.24) is 9.55 Å². The summed E-state index contributed by atoms with van der Waals surface area (Å²) in [7, 11) is 1.99. The van der Waals surface area contributed by atoms with Crippen molar-refractivity contribution in [2.24, 2.45) is 28.5 Å². The number of guanidine groups is 2. The summed E-state index contributed by atoms with van der Waals surface area (Å²) in [5.74, 6) is 0.697. The lowest BCUT2D eigenvalue weighted by molar-refractivity contribution is 0.305. The summed E-state index contributed by atoms with van der Waals surface area (Å²) in [5.41, 5.74) is 14.8. The van der Waals surface area contributed by atoms with E-state index in [0.717, 1.165) is 42.4 Å². The average molecular weight is 311 g/mol. The summed E-state index contributed by atoms with van der Waals surface area (Å²) < 4.78 is 2.00. The molecule has 2 aromatic rings. The molecule has 0 atom stereocenters. The van der Waals surface area contributed by atoms with Crippen molar-refractivity contribution in [3.63, 3.8) is 0 Å². The Bertz CT molecular complexity index is 811. The number of fused-ring (bicyclic) bond motifs is 1. The molecule has 1 spiro atoms. The van der Waals surface area contributed by atoms with E-state index >= 15 is 0 Å². The SMILES string of the molecule is Cn1cnc2ccc(N3C(N)=NC(N)=NC34CCCCC4)cc21. The molecule has 1 aromatic heterocycles. The predicted molar refractivity (Wildman–Crippen MR) is 92.3 cm³/mol. The highest BCUT2D eigenvalue weighted by atomic mass is 15.4. The van der Waals surface area contributed by atoms with E-state index in [1.807, 2.05) is 30.1 Å². The first-order valence-electron chi connectivity index (χ1n) is 8.00. The maximum absolute atomic E-state index is 6.26. The number of nitrogens with two attached hydrogens (primary N) is 2. The van der Waals surface area contributed by atoms with E-state index in [4.69, 9.17) is 16.5 Å². The largest absolute Gasteiger partial charge is 0.369 e. The van der Waals surface area contributed by atoms with Gasteiger partial charge in [-0.05, 0) is 43.9 Å². The van der Waals surface area contributed by atoms with E-state index in [1.165, 1.54) is 6.42 Å². The summed E-state index contributed by atoms with van der Waals surface area (Å²) in [6, 6.07) is 6.14. The van der Waals surface area contributed by atoms with Gasteiger partial charge in [-0.1, -0.05) is 6.42 Å². The van der Waals surface area contributed by atoms with Crippen LogP contribution in [0.3, 0.4) is 0 Å². The highest BCUT2D eigenvalue weighted by molar-refractivity contribution is 6.06. The van der Waals surface area contributed by atoms with Crippen LogP contribution in [0.2, 0.25) is 0 Å². The van der Waals surface area contributed by atoms with Gasteiger partial charge in [0.15, 0.2) is 0 Å². The molecule has 0 bridgehead atoms. The molecule has 1 aliphatic carbocycles. The molecule has 1 aromatic carbocycles. The third-order valence-electron chi connectivity index (χ3n) is 4.82. The van der Waals surface area contributed by atoms with E-state index < -0.39 is 5.66 Å². The summed E-state index contributed by atoms with van der Waals surface area (Å²) in [6.07, 6.45) is 7.15. The first kappa shape index (κ1) is 14.0. The van der Waals surface area contributed by atoms with Crippen LogP contribution in [0, 0.1) is 0 Å². The summed E-state index contributed by atoms with van der Waals surface area (Å²) in [5, 5.41) is 0. The number of aryl methyl sites for hydroxylation is 1. The minimum Gasteiger partial charge on any atom is -0.369 e. The molecule has 1 saturated carbocycles. The summed E-state index contributed by atoms with van der Waals surface area (Å²) in [6.45, 7) is 0. The predicted octanol–water partition coefficient (Wildman–Crippen LogP) is 1.68. The molecule has 0 amide bonds. The number of benzene rings is 1. The van der Waals surface area contributed by atoms with Crippen molar-refractivity contribution >= 4 is 28.6 Å². The fourth-order valence-corrected chi connectivity index (χ4v) is 3.75. The van der Waals surface area contributed by atoms with E-state index in [9.17, 15) is 0 Å². The molecule has 23 heavy (non-hydrogen) atoms. The number of anilines is 1. The van der Waals surface area contributed by atoms with Crippen LogP contribution in [0.15, 0.2) is 34.5 Å². The molecule has 1 aliphatic heterocycles. The second-order valence-corrected chi connectivity index (χ2v) is 6.35. The Labute approximate surface area is 134 Å². The van der Waals surface area contributed by atoms with Gasteiger partial charge in [-0.3, -0.25) is 4.90 Å². The number of nitrogens with zero attached hydrogens (tertiary/aromatic N) is 5. The van der Waals surface area contributed by atoms with E-state index in [-0.39, 0.29) is 5.96 Å². The Morgan fingerprint density at radius 2 is 1.91 bits per heavy atom. The highest BCUT2D eigenvalue weighted by Crippen LogP contribution is 2.39. The topological polar surface area (TPSA) is 97.8 Å². The van der Waals surface area contributed by atoms with Gasteiger partial charge in [0, 0.05) is 12.7 Å². The van der Waals surface area contributed by atoms with Crippen LogP contribution in [0.1, 0.15) is 32.1 Å². The quantitative estimate of drug-likeness (QED) is 0.837. The van der Waals surface area contributed by atoms with Crippen molar-refractivity contribution in [2.75, 3.05) is 4.90 Å². The molecular formula is C16H21N7. The van der Waals surface area contributed by atoms with Crippen LogP contribution < -0.4 is 16.4 Å². The van der Waals surface area contributed by atoms with Gasteiger partial charge in [0.25, 0.3) is 0 Å². The minimum absolute atomic E-state index is 0.280. The highest BCUT2D eigenvalue weighted by Gasteiger charge is 2.42. The number of aromatic nitrogens is 2. The maximum atomic E-state index is 6.26. The second-order valence-electron chi connectivity index (χ2n) is 6.35. The van der Waals surface area contributed by atoms with Crippen LogP contribution in [0.5, 0.6) is 0 Å². The zero-order valence-corrected chi connectivity index (χ0v) is 13.2. The Kier molecular flexibility index (Phi) is 3.04. The van der Waals surface area contributed by atoms with Crippen LogP contribution in [-0.2, 0) is 7.05 Å². The Morgan fingerprint density at radius 1 is 1.13 bits per heavy atom. The van der Waals surface area contributed by atoms with Crippen molar-refractivity contribution in [1.29, 1.82) is 0 Å². The molecule has 2 aliphatic rings. The minimum atomic E-state index is -0.402. The van der Waals surface area contributed by atoms with Gasteiger partial charge in [0.05, 0.1) is 17.4 Å². The molecule has 7 nitrogen and oxygen atoms in total. The summed E-state index contributed by atoms with van der Waals surface area (Å²) >= 11 is 0. The van der Waals surface area contributed by atoms with Crippen molar-refractivity contribution < 1.29 is 0 Å². The molecule has 4 rings (SSSR count). The molecular weight excluding hydrogens is 290 g/mol. The molecule has 7 heteroatoms. The monoisotopic (exact) mass is 311 g/mol. The van der Waals surface area contributed by atoms with Gasteiger partial charge >= 0.3 is 0 Å². The van der Waals surface area contributed by atoms with Gasteiger partial charge in [-0.2, -0.15) is 4.99 Å². The zero-order chi connectivity index (χ0) is 16.0. The van der Waals surface area contributed by atoms with Crippen LogP contribution in [-0.4, -0.2) is 27.1 Å². The van der Waals surface area contributed by atoms with Crippen LogP contribution in [0.25, 0.3) is 11.0 Å². The van der Waals surface area contributed by atoms with Gasteiger partial charge in [-0.15, -0.1) is 0 Å². The van der Waals surface area contributed by atoms with Crippen molar-refractivity contribution in [2.45, 2.75) is 37.8 Å². The maximum Gasteiger partial charge on any atom is 0.220 e. The third-order valence-corrected chi connectivity index (χ3v) is 4.82. The Hall–Kier alpha value is -2.57. The molecule has 0 unspecified atom stereocenters. The van der Waals surface area contributed by atoms with E-state index in [2.05, 4.69) is 20.9 Å². The fourth-order valence-electron chi connectivity index (χ4n) is 3.75. The molecule has 2 heterocycles. The first-order valence-corrected chi connectivity index (χ1v) is 8.00. The van der Waals surface area contributed by atoms with Crippen molar-refractivity contribution in [3.05, 3.63) is 24.5 Å². The standard InChI is InChI=1S/C16H21N7/c1-22-10-19-12-6-5-11(9-13(12)22)23-15(18)20-14(17)21-16(23)7-3-2-4-8-16/h5-6,9-10H,2-4,7-8H2,1H3,(H4,17,18,20,21). The van der Waals surface area contributed by atoms with E-state index in [1.54, 1.807) is 0 Å². The smallest absolute Gasteiger partial charge is 0.220 e. The number of hydrogen-bond acceptors (Lipinski definition) is 6. The van der Waals surface area contributed by atoms with Gasteiger partial charge < -0.3 is 16.0 Å². The Balaban J connectivity index is 1.85. The number of imidazole rings is 1. The number of aliphatic imine (C=N–C) groups is 2. The first-order chi connectivity index (χ1) is 11.1. The average Bonchev–Trinajstić information content (AvgIpc) is 2.88. The number of hydrogen-bond donors (Lipinski definition) is 2. The zero-order valence-electron chi connectivity index (χ0n) is 13.2. The molecule has 1 fully saturated rings.